The number of nitrogens with two attached hydrogens (primary N) is 1. The number of thiocarbonyl (C=S) groups is 1. The standard InChI is InChI=1S/C16H14ClNO2S2/c17-11-8-6-10(7-9-11)13-14(16(18)21)15(13)22(19,20)12-4-2-1-3-5-12/h1-9,13-15H,(H2,18,21)/t13-,14+,15+/m0/s1. The lowest BCUT2D eigenvalue weighted by Crippen LogP contribution is -2.17. The zero-order valence-corrected chi connectivity index (χ0v) is 13.9. The third kappa shape index (κ3) is 2.64. The van der Waals surface area contributed by atoms with E-state index in [0.717, 1.165) is 5.56 Å². The van der Waals surface area contributed by atoms with Gasteiger partial charge in [-0.2, -0.15) is 0 Å². The second kappa shape index (κ2) is 5.65. The molecule has 6 heteroatoms. The molecule has 3 rings (SSSR count). The summed E-state index contributed by atoms with van der Waals surface area (Å²) >= 11 is 11.0. The van der Waals surface area contributed by atoms with E-state index < -0.39 is 15.1 Å². The lowest BCUT2D eigenvalue weighted by atomic mass is 10.1. The van der Waals surface area contributed by atoms with Crippen LogP contribution in [0.4, 0.5) is 0 Å². The minimum atomic E-state index is -3.47. The first-order valence-electron chi connectivity index (χ1n) is 6.76. The maximum atomic E-state index is 12.8. The molecule has 2 N–H and O–H groups in total. The quantitative estimate of drug-likeness (QED) is 0.859. The van der Waals surface area contributed by atoms with Crippen LogP contribution in [0.5, 0.6) is 0 Å². The van der Waals surface area contributed by atoms with Gasteiger partial charge in [-0.1, -0.05) is 54.2 Å². The van der Waals surface area contributed by atoms with E-state index >= 15 is 0 Å². The Bertz CT molecular complexity index is 804. The molecule has 22 heavy (non-hydrogen) atoms. The Morgan fingerprint density at radius 3 is 2.18 bits per heavy atom. The van der Waals surface area contributed by atoms with E-state index in [0.29, 0.717) is 9.92 Å². The monoisotopic (exact) mass is 351 g/mol. The van der Waals surface area contributed by atoms with Gasteiger partial charge in [0.1, 0.15) is 0 Å². The SMILES string of the molecule is NC(=S)[C@@H]1[C@H](c2ccc(Cl)cc2)[C@H]1S(=O)(=O)c1ccccc1. The molecule has 0 spiro atoms. The Morgan fingerprint density at radius 2 is 1.64 bits per heavy atom. The molecule has 1 aliphatic rings. The maximum absolute atomic E-state index is 12.8. The molecule has 0 heterocycles. The second-order valence-corrected chi connectivity index (χ2v) is 8.34. The average Bonchev–Trinajstić information content (AvgIpc) is 3.25. The summed E-state index contributed by atoms with van der Waals surface area (Å²) in [6, 6.07) is 15.6. The van der Waals surface area contributed by atoms with Gasteiger partial charge in [0.2, 0.25) is 0 Å². The van der Waals surface area contributed by atoms with Crippen LogP contribution < -0.4 is 5.73 Å². The Morgan fingerprint density at radius 1 is 1.05 bits per heavy atom. The van der Waals surface area contributed by atoms with Gasteiger partial charge >= 0.3 is 0 Å². The van der Waals surface area contributed by atoms with Gasteiger partial charge in [0.05, 0.1) is 15.1 Å². The number of rotatable bonds is 4. The fourth-order valence-corrected chi connectivity index (χ4v) is 5.54. The normalized spacial score (nSPS) is 24.0. The first-order chi connectivity index (χ1) is 10.4. The van der Waals surface area contributed by atoms with Crippen LogP contribution in [-0.2, 0) is 9.84 Å². The molecule has 114 valence electrons. The molecule has 0 bridgehead atoms. The summed E-state index contributed by atoms with van der Waals surface area (Å²) in [4.78, 5) is 0.544. The fraction of sp³-hybridized carbons (Fsp3) is 0.188. The van der Waals surface area contributed by atoms with Crippen LogP contribution in [0.1, 0.15) is 11.5 Å². The van der Waals surface area contributed by atoms with E-state index in [1.54, 1.807) is 42.5 Å². The first-order valence-corrected chi connectivity index (χ1v) is 9.10. The van der Waals surface area contributed by atoms with Crippen LogP contribution in [0, 0.1) is 5.92 Å². The summed E-state index contributed by atoms with van der Waals surface area (Å²) in [6.07, 6.45) is 0. The largest absolute Gasteiger partial charge is 0.393 e. The molecule has 0 aromatic heterocycles. The molecule has 0 amide bonds. The van der Waals surface area contributed by atoms with Crippen molar-refractivity contribution in [1.82, 2.24) is 0 Å². The summed E-state index contributed by atoms with van der Waals surface area (Å²) in [5.74, 6) is -0.540. The molecule has 0 unspecified atom stereocenters. The van der Waals surface area contributed by atoms with Crippen LogP contribution in [0.2, 0.25) is 5.02 Å². The molecular weight excluding hydrogens is 338 g/mol. The average molecular weight is 352 g/mol. The van der Waals surface area contributed by atoms with Crippen molar-refractivity contribution in [1.29, 1.82) is 0 Å². The first kappa shape index (κ1) is 15.5. The third-order valence-corrected chi connectivity index (χ3v) is 6.72. The van der Waals surface area contributed by atoms with Crippen molar-refractivity contribution in [2.24, 2.45) is 11.7 Å². The van der Waals surface area contributed by atoms with Gasteiger partial charge in [-0.25, -0.2) is 8.42 Å². The highest BCUT2D eigenvalue weighted by Crippen LogP contribution is 2.54. The van der Waals surface area contributed by atoms with Crippen LogP contribution in [0.25, 0.3) is 0 Å². The van der Waals surface area contributed by atoms with E-state index in [1.165, 1.54) is 0 Å². The van der Waals surface area contributed by atoms with Crippen molar-refractivity contribution in [3.05, 3.63) is 65.2 Å². The minimum absolute atomic E-state index is 0.208. The Balaban J connectivity index is 1.99. The molecule has 0 saturated heterocycles. The number of benzene rings is 2. The highest BCUT2D eigenvalue weighted by Gasteiger charge is 2.60. The molecule has 3 nitrogen and oxygen atoms in total. The molecule has 0 aliphatic heterocycles. The summed E-state index contributed by atoms with van der Waals surface area (Å²) in [5, 5.41) is 0.00678. The van der Waals surface area contributed by atoms with Crippen LogP contribution in [0.15, 0.2) is 59.5 Å². The summed E-state index contributed by atoms with van der Waals surface area (Å²) in [6.45, 7) is 0. The molecule has 2 aromatic rings. The summed E-state index contributed by atoms with van der Waals surface area (Å²) < 4.78 is 25.6. The molecule has 2 aromatic carbocycles. The molecule has 0 radical (unpaired) electrons. The van der Waals surface area contributed by atoms with Gasteiger partial charge in [-0.05, 0) is 29.8 Å². The van der Waals surface area contributed by atoms with E-state index in [1.807, 2.05) is 12.1 Å². The second-order valence-electron chi connectivity index (χ2n) is 5.33. The summed E-state index contributed by atoms with van der Waals surface area (Å²) in [7, 11) is -3.47. The van der Waals surface area contributed by atoms with E-state index in [2.05, 4.69) is 0 Å². The van der Waals surface area contributed by atoms with Crippen molar-refractivity contribution >= 4 is 38.6 Å². The lowest BCUT2D eigenvalue weighted by molar-refractivity contribution is 0.593. The van der Waals surface area contributed by atoms with Gasteiger partial charge < -0.3 is 5.73 Å². The third-order valence-electron chi connectivity index (χ3n) is 3.97. The molecule has 3 atom stereocenters. The predicted octanol–water partition coefficient (Wildman–Crippen LogP) is 3.18. The Labute approximate surface area is 140 Å². The topological polar surface area (TPSA) is 60.2 Å². The highest BCUT2D eigenvalue weighted by molar-refractivity contribution is 7.92. The number of halogens is 1. The number of hydrogen-bond donors (Lipinski definition) is 1. The Kier molecular flexibility index (Phi) is 3.97. The minimum Gasteiger partial charge on any atom is -0.393 e. The van der Waals surface area contributed by atoms with Gasteiger partial charge in [0, 0.05) is 16.9 Å². The predicted molar refractivity (Wildman–Crippen MR) is 91.9 cm³/mol. The van der Waals surface area contributed by atoms with E-state index in [9.17, 15) is 8.42 Å². The zero-order chi connectivity index (χ0) is 15.9. The van der Waals surface area contributed by atoms with E-state index in [-0.39, 0.29) is 16.8 Å². The molecule has 1 aliphatic carbocycles. The van der Waals surface area contributed by atoms with Gasteiger partial charge in [-0.3, -0.25) is 0 Å². The molecule has 1 saturated carbocycles. The smallest absolute Gasteiger partial charge is 0.182 e. The van der Waals surface area contributed by atoms with Gasteiger partial charge in [-0.15, -0.1) is 0 Å². The van der Waals surface area contributed by atoms with Crippen LogP contribution in [-0.4, -0.2) is 18.7 Å². The molecular formula is C16H14ClNO2S2. The molecule has 1 fully saturated rings. The number of hydrogen-bond acceptors (Lipinski definition) is 3. The van der Waals surface area contributed by atoms with Crippen molar-refractivity contribution in [2.45, 2.75) is 16.1 Å². The van der Waals surface area contributed by atoms with E-state index in [4.69, 9.17) is 29.6 Å². The van der Waals surface area contributed by atoms with Crippen molar-refractivity contribution in [3.63, 3.8) is 0 Å². The van der Waals surface area contributed by atoms with Crippen LogP contribution in [0.3, 0.4) is 0 Å². The zero-order valence-electron chi connectivity index (χ0n) is 11.5. The summed E-state index contributed by atoms with van der Waals surface area (Å²) in [5.41, 5.74) is 6.66. The van der Waals surface area contributed by atoms with Gasteiger partial charge in [0.25, 0.3) is 0 Å². The fourth-order valence-electron chi connectivity index (χ4n) is 2.86. The van der Waals surface area contributed by atoms with Crippen molar-refractivity contribution < 1.29 is 8.42 Å². The Hall–Kier alpha value is -1.43. The van der Waals surface area contributed by atoms with Crippen molar-refractivity contribution in [2.75, 3.05) is 0 Å². The highest BCUT2D eigenvalue weighted by atomic mass is 35.5. The maximum Gasteiger partial charge on any atom is 0.182 e. The van der Waals surface area contributed by atoms with Crippen molar-refractivity contribution in [3.8, 4) is 0 Å². The van der Waals surface area contributed by atoms with Crippen LogP contribution >= 0.6 is 23.8 Å². The lowest BCUT2D eigenvalue weighted by Gasteiger charge is -2.04. The van der Waals surface area contributed by atoms with Gasteiger partial charge in [0.15, 0.2) is 9.84 Å². The number of sulfone groups is 1.